The number of barbiturate groups is 1. The summed E-state index contributed by atoms with van der Waals surface area (Å²) >= 11 is 0. The summed E-state index contributed by atoms with van der Waals surface area (Å²) < 4.78 is 5.16. The second-order valence-electron chi connectivity index (χ2n) is 6.23. The van der Waals surface area contributed by atoms with E-state index in [1.54, 1.807) is 24.3 Å². The molecule has 138 valence electrons. The monoisotopic (exact) mass is 372 g/mol. The molecule has 3 aromatic rings. The van der Waals surface area contributed by atoms with E-state index in [1.165, 1.54) is 13.2 Å². The van der Waals surface area contributed by atoms with Crippen molar-refractivity contribution >= 4 is 40.4 Å². The maximum atomic E-state index is 13.0. The quantitative estimate of drug-likeness (QED) is 0.564. The zero-order chi connectivity index (χ0) is 19.7. The molecule has 1 aliphatic rings. The van der Waals surface area contributed by atoms with Crippen molar-refractivity contribution in [2.45, 2.75) is 0 Å². The average Bonchev–Trinajstić information content (AvgIpc) is 2.71. The number of carbonyl (C=O) groups excluding carboxylic acids is 3. The molecule has 1 fully saturated rings. The van der Waals surface area contributed by atoms with Gasteiger partial charge in [0.2, 0.25) is 0 Å². The van der Waals surface area contributed by atoms with Gasteiger partial charge in [-0.25, -0.2) is 9.69 Å². The third-order valence-electron chi connectivity index (χ3n) is 4.54. The van der Waals surface area contributed by atoms with E-state index in [2.05, 4.69) is 5.32 Å². The summed E-state index contributed by atoms with van der Waals surface area (Å²) in [4.78, 5) is 38.7. The standard InChI is InChI=1S/C22H16N2O4/c1-28-17-10-5-9-16(13-17)24-21(26)19(20(25)23-22(24)27)12-15-8-4-7-14-6-2-3-11-18(14)15/h2-13H,1H3,(H,23,25,27)/b19-12+. The maximum Gasteiger partial charge on any atom is 0.335 e. The molecule has 4 amide bonds. The van der Waals surface area contributed by atoms with E-state index in [1.807, 2.05) is 42.5 Å². The van der Waals surface area contributed by atoms with Crippen LogP contribution in [0.2, 0.25) is 0 Å². The van der Waals surface area contributed by atoms with E-state index in [9.17, 15) is 14.4 Å². The van der Waals surface area contributed by atoms with Crippen LogP contribution in [0.5, 0.6) is 5.75 Å². The third kappa shape index (κ3) is 3.01. The minimum absolute atomic E-state index is 0.112. The van der Waals surface area contributed by atoms with Crippen molar-refractivity contribution in [3.05, 3.63) is 77.9 Å². The molecular weight excluding hydrogens is 356 g/mol. The third-order valence-corrected chi connectivity index (χ3v) is 4.54. The first kappa shape index (κ1) is 17.5. The molecule has 0 aromatic heterocycles. The van der Waals surface area contributed by atoms with Gasteiger partial charge in [0, 0.05) is 6.07 Å². The second-order valence-corrected chi connectivity index (χ2v) is 6.23. The number of fused-ring (bicyclic) bond motifs is 1. The molecule has 1 N–H and O–H groups in total. The Kier molecular flexibility index (Phi) is 4.37. The lowest BCUT2D eigenvalue weighted by Gasteiger charge is -2.26. The van der Waals surface area contributed by atoms with Gasteiger partial charge in [0.1, 0.15) is 11.3 Å². The number of amides is 4. The molecule has 0 radical (unpaired) electrons. The van der Waals surface area contributed by atoms with Crippen LogP contribution in [0.1, 0.15) is 5.56 Å². The van der Waals surface area contributed by atoms with Gasteiger partial charge in [0.25, 0.3) is 11.8 Å². The lowest BCUT2D eigenvalue weighted by atomic mass is 10.0. The van der Waals surface area contributed by atoms with Crippen molar-refractivity contribution in [2.75, 3.05) is 12.0 Å². The molecule has 1 aliphatic heterocycles. The summed E-state index contributed by atoms with van der Waals surface area (Å²) in [5, 5.41) is 4.13. The highest BCUT2D eigenvalue weighted by Crippen LogP contribution is 2.27. The number of methoxy groups -OCH3 is 1. The summed E-state index contributed by atoms with van der Waals surface area (Å²) in [7, 11) is 1.49. The number of carbonyl (C=O) groups is 3. The number of imide groups is 2. The predicted molar refractivity (Wildman–Crippen MR) is 106 cm³/mol. The van der Waals surface area contributed by atoms with Crippen LogP contribution in [-0.2, 0) is 9.59 Å². The number of urea groups is 1. The Morgan fingerprint density at radius 3 is 2.50 bits per heavy atom. The average molecular weight is 372 g/mol. The van der Waals surface area contributed by atoms with Gasteiger partial charge in [-0.15, -0.1) is 0 Å². The molecule has 0 aliphatic carbocycles. The van der Waals surface area contributed by atoms with E-state index < -0.39 is 17.8 Å². The topological polar surface area (TPSA) is 75.7 Å². The van der Waals surface area contributed by atoms with Crippen LogP contribution in [0.3, 0.4) is 0 Å². The van der Waals surface area contributed by atoms with Gasteiger partial charge in [-0.3, -0.25) is 14.9 Å². The summed E-state index contributed by atoms with van der Waals surface area (Å²) in [5.41, 5.74) is 0.925. The molecular formula is C22H16N2O4. The minimum atomic E-state index is -0.793. The zero-order valence-corrected chi connectivity index (χ0v) is 15.0. The Bertz CT molecular complexity index is 1140. The molecule has 3 aromatic carbocycles. The number of nitrogens with zero attached hydrogens (tertiary/aromatic N) is 1. The number of nitrogens with one attached hydrogen (secondary N) is 1. The summed E-state index contributed by atoms with van der Waals surface area (Å²) in [6.07, 6.45) is 1.51. The Morgan fingerprint density at radius 1 is 0.929 bits per heavy atom. The van der Waals surface area contributed by atoms with Crippen LogP contribution in [0.4, 0.5) is 10.5 Å². The molecule has 28 heavy (non-hydrogen) atoms. The van der Waals surface area contributed by atoms with E-state index in [0.29, 0.717) is 11.4 Å². The Balaban J connectivity index is 1.80. The van der Waals surface area contributed by atoms with Gasteiger partial charge >= 0.3 is 6.03 Å². The molecule has 0 spiro atoms. The van der Waals surface area contributed by atoms with E-state index in [4.69, 9.17) is 4.74 Å². The van der Waals surface area contributed by atoms with Crippen molar-refractivity contribution in [3.8, 4) is 5.75 Å². The Morgan fingerprint density at radius 2 is 1.68 bits per heavy atom. The van der Waals surface area contributed by atoms with Crippen molar-refractivity contribution in [1.29, 1.82) is 0 Å². The summed E-state index contributed by atoms with van der Waals surface area (Å²) in [5.74, 6) is -0.911. The predicted octanol–water partition coefficient (Wildman–Crippen LogP) is 3.51. The van der Waals surface area contributed by atoms with Crippen molar-refractivity contribution in [3.63, 3.8) is 0 Å². The normalized spacial score (nSPS) is 15.8. The van der Waals surface area contributed by atoms with Gasteiger partial charge in [-0.2, -0.15) is 0 Å². The fraction of sp³-hybridized carbons (Fsp3) is 0.0455. The number of rotatable bonds is 3. The lowest BCUT2D eigenvalue weighted by Crippen LogP contribution is -2.54. The molecule has 0 atom stereocenters. The molecule has 4 rings (SSSR count). The highest BCUT2D eigenvalue weighted by Gasteiger charge is 2.37. The number of benzene rings is 3. The SMILES string of the molecule is COc1cccc(N2C(=O)NC(=O)/C(=C\c3cccc4ccccc34)C2=O)c1. The van der Waals surface area contributed by atoms with E-state index in [0.717, 1.165) is 21.2 Å². The van der Waals surface area contributed by atoms with E-state index >= 15 is 0 Å². The van der Waals surface area contributed by atoms with Gasteiger partial charge in [0.05, 0.1) is 12.8 Å². The summed E-state index contributed by atoms with van der Waals surface area (Å²) in [6.45, 7) is 0. The second kappa shape index (κ2) is 7.00. The van der Waals surface area contributed by atoms with Gasteiger partial charge in [-0.05, 0) is 34.5 Å². The fourth-order valence-electron chi connectivity index (χ4n) is 3.17. The zero-order valence-electron chi connectivity index (χ0n) is 15.0. The van der Waals surface area contributed by atoms with Crippen LogP contribution < -0.4 is 15.0 Å². The molecule has 0 saturated carbocycles. The van der Waals surface area contributed by atoms with Crippen LogP contribution in [0.25, 0.3) is 16.8 Å². The maximum absolute atomic E-state index is 13.0. The largest absolute Gasteiger partial charge is 0.497 e. The van der Waals surface area contributed by atoms with Gasteiger partial charge < -0.3 is 4.74 Å². The molecule has 6 nitrogen and oxygen atoms in total. The lowest BCUT2D eigenvalue weighted by molar-refractivity contribution is -0.122. The molecule has 6 heteroatoms. The van der Waals surface area contributed by atoms with E-state index in [-0.39, 0.29) is 5.57 Å². The highest BCUT2D eigenvalue weighted by molar-refractivity contribution is 6.39. The molecule has 0 bridgehead atoms. The number of hydrogen-bond acceptors (Lipinski definition) is 4. The first-order chi connectivity index (χ1) is 13.6. The minimum Gasteiger partial charge on any atom is -0.497 e. The number of hydrogen-bond donors (Lipinski definition) is 1. The van der Waals surface area contributed by atoms with Gasteiger partial charge in [0.15, 0.2) is 0 Å². The van der Waals surface area contributed by atoms with Crippen LogP contribution in [-0.4, -0.2) is 25.0 Å². The Labute approximate surface area is 161 Å². The molecule has 1 saturated heterocycles. The molecule has 1 heterocycles. The number of ether oxygens (including phenoxy) is 1. The smallest absolute Gasteiger partial charge is 0.335 e. The van der Waals surface area contributed by atoms with Gasteiger partial charge in [-0.1, -0.05) is 48.5 Å². The first-order valence-electron chi connectivity index (χ1n) is 8.62. The van der Waals surface area contributed by atoms with Crippen LogP contribution in [0, 0.1) is 0 Å². The summed E-state index contributed by atoms with van der Waals surface area (Å²) in [6, 6.07) is 19.0. The van der Waals surface area contributed by atoms with Crippen molar-refractivity contribution in [2.24, 2.45) is 0 Å². The molecule has 0 unspecified atom stereocenters. The van der Waals surface area contributed by atoms with Crippen LogP contribution in [0.15, 0.2) is 72.3 Å². The number of anilines is 1. The Hall–Kier alpha value is -3.93. The van der Waals surface area contributed by atoms with Crippen LogP contribution >= 0.6 is 0 Å². The van der Waals surface area contributed by atoms with Crippen molar-refractivity contribution < 1.29 is 19.1 Å². The fourth-order valence-corrected chi connectivity index (χ4v) is 3.17. The van der Waals surface area contributed by atoms with Crippen molar-refractivity contribution in [1.82, 2.24) is 5.32 Å². The first-order valence-corrected chi connectivity index (χ1v) is 8.62. The highest BCUT2D eigenvalue weighted by atomic mass is 16.5.